The summed E-state index contributed by atoms with van der Waals surface area (Å²) in [6.07, 6.45) is 5.39. The van der Waals surface area contributed by atoms with Gasteiger partial charge < -0.3 is 0 Å². The highest BCUT2D eigenvalue weighted by Gasteiger charge is 1.94. The normalized spacial score (nSPS) is 11.0. The summed E-state index contributed by atoms with van der Waals surface area (Å²) >= 11 is 1.84. The number of allylic oxidation sites excluding steroid dienone is 2. The van der Waals surface area contributed by atoms with E-state index in [-0.39, 0.29) is 0 Å². The minimum atomic E-state index is 1.10. The highest BCUT2D eigenvalue weighted by atomic mass is 32.1. The molecular formula is C9H12S. The maximum absolute atomic E-state index is 2.19. The molecule has 1 rings (SSSR count). The molecule has 1 aromatic heterocycles. The van der Waals surface area contributed by atoms with E-state index in [9.17, 15) is 0 Å². The molecule has 1 aromatic rings. The molecule has 0 aliphatic rings. The van der Waals surface area contributed by atoms with E-state index in [1.54, 1.807) is 0 Å². The molecule has 1 heterocycles. The minimum absolute atomic E-state index is 1.10. The fraction of sp³-hybridized carbons (Fsp3) is 0.333. The fourth-order valence-electron chi connectivity index (χ4n) is 0.838. The van der Waals surface area contributed by atoms with Crippen LogP contribution >= 0.6 is 11.3 Å². The van der Waals surface area contributed by atoms with Crippen LogP contribution in [0.2, 0.25) is 0 Å². The van der Waals surface area contributed by atoms with E-state index in [2.05, 4.69) is 37.4 Å². The minimum Gasteiger partial charge on any atom is -0.148 e. The number of aryl methyl sites for hydroxylation is 1. The van der Waals surface area contributed by atoms with Gasteiger partial charge >= 0.3 is 0 Å². The van der Waals surface area contributed by atoms with Crippen LogP contribution in [0.5, 0.6) is 0 Å². The first-order valence-corrected chi connectivity index (χ1v) is 4.36. The van der Waals surface area contributed by atoms with Gasteiger partial charge in [0.1, 0.15) is 0 Å². The second-order valence-corrected chi connectivity index (χ2v) is 3.30. The van der Waals surface area contributed by atoms with Crippen LogP contribution in [0.15, 0.2) is 23.6 Å². The maximum atomic E-state index is 2.19. The summed E-state index contributed by atoms with van der Waals surface area (Å²) in [4.78, 5) is 1.48. The Morgan fingerprint density at radius 2 is 2.40 bits per heavy atom. The molecule has 10 heavy (non-hydrogen) atoms. The molecule has 0 saturated heterocycles. The second kappa shape index (κ2) is 3.57. The summed E-state index contributed by atoms with van der Waals surface area (Å²) in [5.74, 6) is 0. The Morgan fingerprint density at radius 1 is 1.60 bits per heavy atom. The molecule has 0 unspecified atom stereocenters. The van der Waals surface area contributed by atoms with Crippen LogP contribution in [0.3, 0.4) is 0 Å². The molecule has 0 atom stereocenters. The second-order valence-electron chi connectivity index (χ2n) is 2.30. The molecule has 0 bridgehead atoms. The van der Waals surface area contributed by atoms with Crippen molar-refractivity contribution in [2.75, 3.05) is 0 Å². The Bertz CT molecular complexity index is 220. The molecule has 0 nitrogen and oxygen atoms in total. The maximum Gasteiger partial charge on any atom is 0.0112 e. The van der Waals surface area contributed by atoms with E-state index in [1.807, 2.05) is 11.3 Å². The van der Waals surface area contributed by atoms with Gasteiger partial charge in [-0.25, -0.2) is 0 Å². The summed E-state index contributed by atoms with van der Waals surface area (Å²) < 4.78 is 0. The lowest BCUT2D eigenvalue weighted by molar-refractivity contribution is 1.28. The first kappa shape index (κ1) is 7.55. The van der Waals surface area contributed by atoms with Crippen LogP contribution in [0.1, 0.15) is 17.4 Å². The van der Waals surface area contributed by atoms with Gasteiger partial charge in [0, 0.05) is 4.88 Å². The van der Waals surface area contributed by atoms with Crippen molar-refractivity contribution in [1.29, 1.82) is 0 Å². The molecule has 0 saturated carbocycles. The molecule has 0 fully saturated rings. The fourth-order valence-corrected chi connectivity index (χ4v) is 1.72. The van der Waals surface area contributed by atoms with Crippen LogP contribution in [-0.2, 0) is 6.42 Å². The molecule has 0 aromatic carbocycles. The number of rotatable bonds is 2. The molecular weight excluding hydrogens is 140 g/mol. The largest absolute Gasteiger partial charge is 0.148 e. The number of hydrogen-bond acceptors (Lipinski definition) is 1. The van der Waals surface area contributed by atoms with Gasteiger partial charge in [-0.2, -0.15) is 0 Å². The van der Waals surface area contributed by atoms with Gasteiger partial charge in [0.15, 0.2) is 0 Å². The third-order valence-corrected chi connectivity index (χ3v) is 2.55. The Morgan fingerprint density at radius 3 is 2.90 bits per heavy atom. The Labute approximate surface area is 66.2 Å². The number of thiophene rings is 1. The van der Waals surface area contributed by atoms with Gasteiger partial charge in [-0.15, -0.1) is 11.3 Å². The van der Waals surface area contributed by atoms with Crippen molar-refractivity contribution in [3.05, 3.63) is 34.0 Å². The molecule has 0 spiro atoms. The Hall–Kier alpha value is -0.560. The van der Waals surface area contributed by atoms with Crippen LogP contribution in [-0.4, -0.2) is 0 Å². The summed E-state index contributed by atoms with van der Waals surface area (Å²) in [5.41, 5.74) is 1.42. The zero-order valence-electron chi connectivity index (χ0n) is 6.42. The molecule has 54 valence electrons. The lowest BCUT2D eigenvalue weighted by atomic mass is 10.2. The zero-order valence-corrected chi connectivity index (χ0v) is 7.24. The summed E-state index contributed by atoms with van der Waals surface area (Å²) in [5, 5.41) is 2.15. The molecule has 0 amide bonds. The van der Waals surface area contributed by atoms with Crippen molar-refractivity contribution in [2.24, 2.45) is 0 Å². The predicted octanol–water partition coefficient (Wildman–Crippen LogP) is 3.18. The van der Waals surface area contributed by atoms with Crippen molar-refractivity contribution in [3.8, 4) is 0 Å². The van der Waals surface area contributed by atoms with E-state index in [1.165, 1.54) is 10.4 Å². The summed E-state index contributed by atoms with van der Waals surface area (Å²) in [6.45, 7) is 4.22. The van der Waals surface area contributed by atoms with Crippen LogP contribution in [0, 0.1) is 6.92 Å². The van der Waals surface area contributed by atoms with Crippen LogP contribution in [0.25, 0.3) is 0 Å². The number of hydrogen-bond donors (Lipinski definition) is 0. The topological polar surface area (TPSA) is 0 Å². The Kier molecular flexibility index (Phi) is 2.69. The molecule has 0 aliphatic carbocycles. The third-order valence-electron chi connectivity index (χ3n) is 1.51. The molecule has 0 N–H and O–H groups in total. The van der Waals surface area contributed by atoms with Gasteiger partial charge in [-0.3, -0.25) is 0 Å². The third kappa shape index (κ3) is 1.71. The average Bonchev–Trinajstić information content (AvgIpc) is 2.31. The molecule has 1 heteroatoms. The quantitative estimate of drug-likeness (QED) is 0.571. The smallest absolute Gasteiger partial charge is 0.0112 e. The highest BCUT2D eigenvalue weighted by Crippen LogP contribution is 2.15. The van der Waals surface area contributed by atoms with E-state index >= 15 is 0 Å². The first-order valence-electron chi connectivity index (χ1n) is 3.48. The predicted molar refractivity (Wildman–Crippen MR) is 47.6 cm³/mol. The summed E-state index contributed by atoms with van der Waals surface area (Å²) in [7, 11) is 0. The van der Waals surface area contributed by atoms with Crippen molar-refractivity contribution in [2.45, 2.75) is 20.3 Å². The summed E-state index contributed by atoms with van der Waals surface area (Å²) in [6, 6.07) is 2.17. The van der Waals surface area contributed by atoms with Gasteiger partial charge in [0.05, 0.1) is 0 Å². The lowest BCUT2D eigenvalue weighted by Gasteiger charge is -1.90. The average molecular weight is 152 g/mol. The van der Waals surface area contributed by atoms with E-state index in [0.29, 0.717) is 0 Å². The lowest BCUT2D eigenvalue weighted by Crippen LogP contribution is -1.75. The van der Waals surface area contributed by atoms with Gasteiger partial charge in [0.2, 0.25) is 0 Å². The molecule has 0 aliphatic heterocycles. The standard InChI is InChI=1S/C9H12S/c1-3-4-5-9-8(2)6-7-10-9/h3-4,6-7H,5H2,1-2H3. The van der Waals surface area contributed by atoms with Crippen molar-refractivity contribution < 1.29 is 0 Å². The van der Waals surface area contributed by atoms with Crippen molar-refractivity contribution >= 4 is 11.3 Å². The zero-order chi connectivity index (χ0) is 7.40. The van der Waals surface area contributed by atoms with E-state index in [0.717, 1.165) is 6.42 Å². The molecule has 0 radical (unpaired) electrons. The van der Waals surface area contributed by atoms with E-state index in [4.69, 9.17) is 0 Å². The van der Waals surface area contributed by atoms with Gasteiger partial charge in [-0.1, -0.05) is 12.2 Å². The first-order chi connectivity index (χ1) is 4.84. The Balaban J connectivity index is 2.65. The monoisotopic (exact) mass is 152 g/mol. The van der Waals surface area contributed by atoms with E-state index < -0.39 is 0 Å². The van der Waals surface area contributed by atoms with Crippen molar-refractivity contribution in [1.82, 2.24) is 0 Å². The van der Waals surface area contributed by atoms with Crippen LogP contribution < -0.4 is 0 Å². The van der Waals surface area contributed by atoms with Crippen LogP contribution in [0.4, 0.5) is 0 Å². The van der Waals surface area contributed by atoms with Gasteiger partial charge in [0.25, 0.3) is 0 Å². The highest BCUT2D eigenvalue weighted by molar-refractivity contribution is 7.10. The SMILES string of the molecule is CC=CCc1sccc1C. The van der Waals surface area contributed by atoms with Crippen molar-refractivity contribution in [3.63, 3.8) is 0 Å². The van der Waals surface area contributed by atoms with Gasteiger partial charge in [-0.05, 0) is 37.3 Å².